The van der Waals surface area contributed by atoms with Crippen LogP contribution in [0, 0.1) is 0 Å². The van der Waals surface area contributed by atoms with Crippen molar-refractivity contribution in [2.24, 2.45) is 0 Å². The van der Waals surface area contributed by atoms with Gasteiger partial charge >= 0.3 is 0 Å². The van der Waals surface area contributed by atoms with Crippen molar-refractivity contribution < 1.29 is 14.6 Å². The second kappa shape index (κ2) is 9.53. The van der Waals surface area contributed by atoms with E-state index in [1.54, 1.807) is 0 Å². The molecule has 1 aromatic carbocycles. The first-order valence-electron chi connectivity index (χ1n) is 9.62. The van der Waals surface area contributed by atoms with Crippen molar-refractivity contribution in [3.8, 4) is 5.75 Å². The Labute approximate surface area is 151 Å². The van der Waals surface area contributed by atoms with Crippen LogP contribution >= 0.6 is 0 Å². The minimum absolute atomic E-state index is 0.342. The van der Waals surface area contributed by atoms with E-state index in [4.69, 9.17) is 9.47 Å². The van der Waals surface area contributed by atoms with Crippen LogP contribution in [0.2, 0.25) is 0 Å². The molecule has 5 heteroatoms. The summed E-state index contributed by atoms with van der Waals surface area (Å²) >= 11 is 0. The van der Waals surface area contributed by atoms with Crippen molar-refractivity contribution in [2.45, 2.75) is 44.4 Å². The maximum atomic E-state index is 10.4. The lowest BCUT2D eigenvalue weighted by molar-refractivity contribution is 0.00818. The summed E-state index contributed by atoms with van der Waals surface area (Å²) in [6, 6.07) is 8.32. The molecule has 1 N–H and O–H groups in total. The standard InChI is InChI=1S/C20H32N2O3/c1-21(15-18(23)16-22-10-12-24-13-11-22)14-17-6-2-5-9-20(17)25-19-7-3-4-8-19/h2,5-6,9,18-19,23H,3-4,7-8,10-16H2,1H3. The van der Waals surface area contributed by atoms with Gasteiger partial charge in [0.25, 0.3) is 0 Å². The molecule has 0 amide bonds. The minimum Gasteiger partial charge on any atom is -0.490 e. The molecule has 1 saturated carbocycles. The Morgan fingerprint density at radius 2 is 1.96 bits per heavy atom. The highest BCUT2D eigenvalue weighted by Gasteiger charge is 2.19. The van der Waals surface area contributed by atoms with E-state index < -0.39 is 0 Å². The molecule has 1 saturated heterocycles. The van der Waals surface area contributed by atoms with Crippen LogP contribution < -0.4 is 4.74 Å². The van der Waals surface area contributed by atoms with Gasteiger partial charge in [-0.25, -0.2) is 0 Å². The van der Waals surface area contributed by atoms with Crippen LogP contribution in [-0.2, 0) is 11.3 Å². The van der Waals surface area contributed by atoms with Gasteiger partial charge in [0.05, 0.1) is 25.4 Å². The summed E-state index contributed by atoms with van der Waals surface area (Å²) in [6.07, 6.45) is 4.93. The van der Waals surface area contributed by atoms with Gasteiger partial charge in [0.1, 0.15) is 5.75 Å². The predicted molar refractivity (Wildman–Crippen MR) is 98.9 cm³/mol. The number of rotatable bonds is 8. The van der Waals surface area contributed by atoms with Gasteiger partial charge in [-0.2, -0.15) is 0 Å². The quantitative estimate of drug-likeness (QED) is 0.780. The molecule has 2 fully saturated rings. The van der Waals surface area contributed by atoms with Crippen molar-refractivity contribution in [3.05, 3.63) is 29.8 Å². The number of aliphatic hydroxyl groups excluding tert-OH is 1. The second-order valence-corrected chi connectivity index (χ2v) is 7.40. The van der Waals surface area contributed by atoms with Gasteiger partial charge in [0, 0.05) is 38.3 Å². The number of β-amino-alcohol motifs (C(OH)–C–C–N with tert-alkyl or cyclic N) is 1. The van der Waals surface area contributed by atoms with Crippen molar-refractivity contribution >= 4 is 0 Å². The first kappa shape index (κ1) is 18.6. The number of nitrogens with zero attached hydrogens (tertiary/aromatic N) is 2. The van der Waals surface area contributed by atoms with E-state index in [2.05, 4.69) is 35.0 Å². The molecule has 3 rings (SSSR count). The van der Waals surface area contributed by atoms with Crippen molar-refractivity contribution in [3.63, 3.8) is 0 Å². The lowest BCUT2D eigenvalue weighted by atomic mass is 10.1. The predicted octanol–water partition coefficient (Wildman–Crippen LogP) is 2.13. The Morgan fingerprint density at radius 1 is 1.24 bits per heavy atom. The van der Waals surface area contributed by atoms with Crippen LogP contribution in [0.15, 0.2) is 24.3 Å². The zero-order valence-electron chi connectivity index (χ0n) is 15.4. The Hall–Kier alpha value is -1.14. The van der Waals surface area contributed by atoms with E-state index in [0.29, 0.717) is 19.2 Å². The number of likely N-dealkylation sites (N-methyl/N-ethyl adjacent to an activating group) is 1. The number of ether oxygens (including phenoxy) is 2. The van der Waals surface area contributed by atoms with Crippen LogP contribution in [0.5, 0.6) is 5.75 Å². The second-order valence-electron chi connectivity index (χ2n) is 7.40. The summed E-state index contributed by atoms with van der Waals surface area (Å²) in [7, 11) is 2.06. The number of para-hydroxylation sites is 1. The van der Waals surface area contributed by atoms with Crippen LogP contribution in [0.25, 0.3) is 0 Å². The smallest absolute Gasteiger partial charge is 0.124 e. The molecule has 0 bridgehead atoms. The zero-order valence-corrected chi connectivity index (χ0v) is 15.4. The minimum atomic E-state index is -0.342. The molecule has 1 heterocycles. The fourth-order valence-electron chi connectivity index (χ4n) is 3.79. The van der Waals surface area contributed by atoms with Gasteiger partial charge < -0.3 is 14.6 Å². The Kier molecular flexibility index (Phi) is 7.11. The Morgan fingerprint density at radius 3 is 2.72 bits per heavy atom. The molecule has 5 nitrogen and oxygen atoms in total. The maximum absolute atomic E-state index is 10.4. The number of hydrogen-bond donors (Lipinski definition) is 1. The molecule has 0 aromatic heterocycles. The monoisotopic (exact) mass is 348 g/mol. The normalized spacial score (nSPS) is 20.9. The molecule has 25 heavy (non-hydrogen) atoms. The lowest BCUT2D eigenvalue weighted by Crippen LogP contribution is -2.44. The third-order valence-corrected chi connectivity index (χ3v) is 5.10. The van der Waals surface area contributed by atoms with E-state index >= 15 is 0 Å². The van der Waals surface area contributed by atoms with Gasteiger partial charge in [-0.3, -0.25) is 9.80 Å². The molecule has 1 aliphatic heterocycles. The summed E-state index contributed by atoms with van der Waals surface area (Å²) in [6.45, 7) is 5.55. The fraction of sp³-hybridized carbons (Fsp3) is 0.700. The SMILES string of the molecule is CN(Cc1ccccc1OC1CCCC1)CC(O)CN1CCOCC1. The molecular weight excluding hydrogens is 316 g/mol. The summed E-state index contributed by atoms with van der Waals surface area (Å²) in [5.74, 6) is 1.00. The first-order chi connectivity index (χ1) is 12.2. The van der Waals surface area contributed by atoms with E-state index in [1.165, 1.54) is 31.2 Å². The van der Waals surface area contributed by atoms with Crippen molar-refractivity contribution in [1.82, 2.24) is 9.80 Å². The lowest BCUT2D eigenvalue weighted by Gasteiger charge is -2.30. The van der Waals surface area contributed by atoms with Gasteiger partial charge in [-0.15, -0.1) is 0 Å². The van der Waals surface area contributed by atoms with Crippen LogP contribution in [-0.4, -0.2) is 73.6 Å². The molecule has 2 aliphatic rings. The first-order valence-corrected chi connectivity index (χ1v) is 9.62. The average molecular weight is 348 g/mol. The zero-order chi connectivity index (χ0) is 17.5. The van der Waals surface area contributed by atoms with E-state index in [9.17, 15) is 5.11 Å². The maximum Gasteiger partial charge on any atom is 0.124 e. The summed E-state index contributed by atoms with van der Waals surface area (Å²) in [5, 5.41) is 10.4. The molecule has 0 radical (unpaired) electrons. The number of benzene rings is 1. The topological polar surface area (TPSA) is 45.2 Å². The molecule has 1 aromatic rings. The van der Waals surface area contributed by atoms with Gasteiger partial charge in [-0.05, 0) is 38.8 Å². The summed E-state index contributed by atoms with van der Waals surface area (Å²) in [4.78, 5) is 4.46. The average Bonchev–Trinajstić information content (AvgIpc) is 3.10. The van der Waals surface area contributed by atoms with E-state index in [-0.39, 0.29) is 6.10 Å². The van der Waals surface area contributed by atoms with Crippen LogP contribution in [0.3, 0.4) is 0 Å². The summed E-state index contributed by atoms with van der Waals surface area (Å²) in [5.41, 5.74) is 1.20. The highest BCUT2D eigenvalue weighted by atomic mass is 16.5. The Balaban J connectivity index is 1.49. The third kappa shape index (κ3) is 5.96. The fourth-order valence-corrected chi connectivity index (χ4v) is 3.79. The number of aliphatic hydroxyl groups is 1. The summed E-state index contributed by atoms with van der Waals surface area (Å²) < 4.78 is 11.6. The molecular formula is C20H32N2O3. The Bertz CT molecular complexity index is 513. The van der Waals surface area contributed by atoms with Gasteiger partial charge in [0.2, 0.25) is 0 Å². The molecule has 140 valence electrons. The van der Waals surface area contributed by atoms with Crippen molar-refractivity contribution in [2.75, 3.05) is 46.4 Å². The number of morpholine rings is 1. The van der Waals surface area contributed by atoms with Crippen LogP contribution in [0.1, 0.15) is 31.2 Å². The molecule has 1 aliphatic carbocycles. The van der Waals surface area contributed by atoms with Gasteiger partial charge in [-0.1, -0.05) is 18.2 Å². The highest BCUT2D eigenvalue weighted by molar-refractivity contribution is 5.33. The van der Waals surface area contributed by atoms with Crippen molar-refractivity contribution in [1.29, 1.82) is 0 Å². The van der Waals surface area contributed by atoms with Gasteiger partial charge in [0.15, 0.2) is 0 Å². The van der Waals surface area contributed by atoms with E-state index in [1.807, 2.05) is 6.07 Å². The van der Waals surface area contributed by atoms with Crippen LogP contribution in [0.4, 0.5) is 0 Å². The highest BCUT2D eigenvalue weighted by Crippen LogP contribution is 2.27. The van der Waals surface area contributed by atoms with E-state index in [0.717, 1.165) is 38.6 Å². The molecule has 1 unspecified atom stereocenters. The number of hydrogen-bond acceptors (Lipinski definition) is 5. The molecule has 1 atom stereocenters. The third-order valence-electron chi connectivity index (χ3n) is 5.10. The molecule has 0 spiro atoms. The largest absolute Gasteiger partial charge is 0.490 e.